The highest BCUT2D eigenvalue weighted by Crippen LogP contribution is 2.27. The number of hydrogen-bond acceptors (Lipinski definition) is 5. The number of aromatic nitrogens is 2. The van der Waals surface area contributed by atoms with Crippen molar-refractivity contribution in [2.24, 2.45) is 11.8 Å². The molecule has 1 aliphatic heterocycles. The number of nitrogens with one attached hydrogen (secondary N) is 1. The van der Waals surface area contributed by atoms with Crippen LogP contribution in [-0.4, -0.2) is 40.0 Å². The Morgan fingerprint density at radius 1 is 1.17 bits per heavy atom. The van der Waals surface area contributed by atoms with Gasteiger partial charge in [0.2, 0.25) is 16.9 Å². The second-order valence-electron chi connectivity index (χ2n) is 7.96. The summed E-state index contributed by atoms with van der Waals surface area (Å²) >= 11 is 1.38. The molecule has 0 unspecified atom stereocenters. The highest BCUT2D eigenvalue weighted by atomic mass is 32.1. The molecular formula is C17H28N4O2S. The molecule has 2 rings (SSSR count). The van der Waals surface area contributed by atoms with Crippen molar-refractivity contribution in [1.82, 2.24) is 15.1 Å². The van der Waals surface area contributed by atoms with Gasteiger partial charge in [-0.2, -0.15) is 0 Å². The number of carbonyl (C=O) groups excluding carboxylic acids is 2. The minimum absolute atomic E-state index is 0.0659. The Bertz CT molecular complexity index is 584. The van der Waals surface area contributed by atoms with E-state index in [-0.39, 0.29) is 30.1 Å². The molecule has 6 nitrogen and oxygen atoms in total. The second-order valence-corrected chi connectivity index (χ2v) is 8.93. The number of carbonyl (C=O) groups is 2. The van der Waals surface area contributed by atoms with Crippen LogP contribution in [0.4, 0.5) is 5.13 Å². The fraction of sp³-hybridized carbons (Fsp3) is 0.765. The first kappa shape index (κ1) is 18.8. The van der Waals surface area contributed by atoms with Crippen molar-refractivity contribution >= 4 is 28.3 Å². The molecule has 0 spiro atoms. The van der Waals surface area contributed by atoms with Crippen LogP contribution in [0.5, 0.6) is 0 Å². The molecule has 2 atom stereocenters. The van der Waals surface area contributed by atoms with Crippen LogP contribution in [0.3, 0.4) is 0 Å². The van der Waals surface area contributed by atoms with E-state index >= 15 is 0 Å². The van der Waals surface area contributed by atoms with Gasteiger partial charge in [-0.25, -0.2) is 0 Å². The molecule has 0 bridgehead atoms. The zero-order valence-electron chi connectivity index (χ0n) is 15.3. The molecule has 0 saturated carbocycles. The summed E-state index contributed by atoms with van der Waals surface area (Å²) in [5.41, 5.74) is -0.0851. The van der Waals surface area contributed by atoms with E-state index in [1.165, 1.54) is 11.3 Å². The van der Waals surface area contributed by atoms with Crippen LogP contribution in [0.15, 0.2) is 0 Å². The van der Waals surface area contributed by atoms with Crippen LogP contribution in [-0.2, 0) is 15.0 Å². The van der Waals surface area contributed by atoms with E-state index < -0.39 is 0 Å². The molecule has 1 saturated heterocycles. The third kappa shape index (κ3) is 5.26. The number of piperidine rings is 1. The molecule has 1 aromatic heterocycles. The summed E-state index contributed by atoms with van der Waals surface area (Å²) in [6, 6.07) is 0. The zero-order chi connectivity index (χ0) is 17.9. The Labute approximate surface area is 148 Å². The zero-order valence-corrected chi connectivity index (χ0v) is 16.1. The number of rotatable bonds is 4. The van der Waals surface area contributed by atoms with Gasteiger partial charge in [0.15, 0.2) is 0 Å². The van der Waals surface area contributed by atoms with E-state index in [0.29, 0.717) is 17.0 Å². The first-order valence-electron chi connectivity index (χ1n) is 8.56. The van der Waals surface area contributed by atoms with Gasteiger partial charge in [0.1, 0.15) is 5.01 Å². The lowest BCUT2D eigenvalue weighted by atomic mass is 9.91. The number of likely N-dealkylation sites (tertiary alicyclic amines) is 1. The van der Waals surface area contributed by atoms with Crippen molar-refractivity contribution in [3.63, 3.8) is 0 Å². The average Bonchev–Trinajstić information content (AvgIpc) is 2.92. The Hall–Kier alpha value is -1.50. The van der Waals surface area contributed by atoms with Gasteiger partial charge in [-0.15, -0.1) is 10.2 Å². The summed E-state index contributed by atoms with van der Waals surface area (Å²) in [4.78, 5) is 26.2. The van der Waals surface area contributed by atoms with E-state index in [4.69, 9.17) is 0 Å². The molecule has 1 aliphatic rings. The van der Waals surface area contributed by atoms with Crippen molar-refractivity contribution in [3.05, 3.63) is 5.01 Å². The lowest BCUT2D eigenvalue weighted by Gasteiger charge is -2.35. The maximum absolute atomic E-state index is 12.3. The van der Waals surface area contributed by atoms with Gasteiger partial charge < -0.3 is 10.2 Å². The number of anilines is 1. The quantitative estimate of drug-likeness (QED) is 0.903. The largest absolute Gasteiger partial charge is 0.342 e. The minimum atomic E-state index is -0.182. The van der Waals surface area contributed by atoms with Gasteiger partial charge in [-0.05, 0) is 18.3 Å². The minimum Gasteiger partial charge on any atom is -0.342 e. The standard InChI is InChI=1S/C17H28N4O2S/c1-11-8-12(2)10-21(9-11)14(23)7-6-13(22)18-16-20-19-15(24-16)17(3,4)5/h11-12H,6-10H2,1-5H3,(H,18,20,22)/t11-,12-/m0/s1. The molecule has 1 fully saturated rings. The molecular weight excluding hydrogens is 324 g/mol. The van der Waals surface area contributed by atoms with E-state index in [1.54, 1.807) is 0 Å². The van der Waals surface area contributed by atoms with E-state index in [2.05, 4.69) is 50.1 Å². The van der Waals surface area contributed by atoms with Crippen molar-refractivity contribution in [3.8, 4) is 0 Å². The average molecular weight is 353 g/mol. The fourth-order valence-electron chi connectivity index (χ4n) is 3.00. The van der Waals surface area contributed by atoms with Gasteiger partial charge in [-0.3, -0.25) is 9.59 Å². The van der Waals surface area contributed by atoms with Crippen LogP contribution in [0, 0.1) is 11.8 Å². The van der Waals surface area contributed by atoms with Crippen LogP contribution in [0.2, 0.25) is 0 Å². The third-order valence-corrected chi connectivity index (χ3v) is 5.36. The highest BCUT2D eigenvalue weighted by molar-refractivity contribution is 7.15. The summed E-state index contributed by atoms with van der Waals surface area (Å²) in [5, 5.41) is 12.2. The van der Waals surface area contributed by atoms with Crippen molar-refractivity contribution in [2.45, 2.75) is 59.3 Å². The Morgan fingerprint density at radius 3 is 2.33 bits per heavy atom. The first-order chi connectivity index (χ1) is 11.1. The number of hydrogen-bond donors (Lipinski definition) is 1. The number of nitrogens with zero attached hydrogens (tertiary/aromatic N) is 3. The predicted molar refractivity (Wildman–Crippen MR) is 96.0 cm³/mol. The first-order valence-corrected chi connectivity index (χ1v) is 9.38. The van der Waals surface area contributed by atoms with Crippen LogP contribution in [0.1, 0.15) is 58.9 Å². The summed E-state index contributed by atoms with van der Waals surface area (Å²) in [7, 11) is 0. The summed E-state index contributed by atoms with van der Waals surface area (Å²) in [6.45, 7) is 12.1. The molecule has 2 heterocycles. The molecule has 0 aliphatic carbocycles. The predicted octanol–water partition coefficient (Wildman–Crippen LogP) is 3.06. The highest BCUT2D eigenvalue weighted by Gasteiger charge is 2.25. The van der Waals surface area contributed by atoms with Crippen molar-refractivity contribution in [2.75, 3.05) is 18.4 Å². The number of amides is 2. The van der Waals surface area contributed by atoms with E-state index in [1.807, 2.05) is 4.90 Å². The van der Waals surface area contributed by atoms with Crippen LogP contribution in [0.25, 0.3) is 0 Å². The van der Waals surface area contributed by atoms with Gasteiger partial charge in [-0.1, -0.05) is 46.0 Å². The van der Waals surface area contributed by atoms with Gasteiger partial charge in [0.05, 0.1) is 0 Å². The lowest BCUT2D eigenvalue weighted by Crippen LogP contribution is -2.42. The molecule has 7 heteroatoms. The Morgan fingerprint density at radius 2 is 1.79 bits per heavy atom. The SMILES string of the molecule is C[C@H]1C[C@H](C)CN(C(=O)CCC(=O)Nc2nnc(C(C)(C)C)s2)C1. The second kappa shape index (κ2) is 7.59. The molecule has 2 amide bonds. The molecule has 0 radical (unpaired) electrons. The van der Waals surface area contributed by atoms with E-state index in [0.717, 1.165) is 24.5 Å². The maximum atomic E-state index is 12.3. The van der Waals surface area contributed by atoms with Crippen molar-refractivity contribution < 1.29 is 9.59 Å². The van der Waals surface area contributed by atoms with E-state index in [9.17, 15) is 9.59 Å². The lowest BCUT2D eigenvalue weighted by molar-refractivity contribution is -0.135. The molecule has 134 valence electrons. The third-order valence-electron chi connectivity index (χ3n) is 4.10. The van der Waals surface area contributed by atoms with Crippen LogP contribution < -0.4 is 5.32 Å². The van der Waals surface area contributed by atoms with Crippen LogP contribution >= 0.6 is 11.3 Å². The monoisotopic (exact) mass is 352 g/mol. The normalized spacial score (nSPS) is 21.6. The Kier molecular flexibility index (Phi) is 5.96. The summed E-state index contributed by atoms with van der Waals surface area (Å²) in [5.74, 6) is 0.946. The smallest absolute Gasteiger partial charge is 0.226 e. The summed E-state index contributed by atoms with van der Waals surface area (Å²) in [6.07, 6.45) is 1.59. The van der Waals surface area contributed by atoms with Gasteiger partial charge in [0, 0.05) is 31.3 Å². The van der Waals surface area contributed by atoms with Crippen molar-refractivity contribution in [1.29, 1.82) is 0 Å². The Balaban J connectivity index is 1.80. The topological polar surface area (TPSA) is 75.2 Å². The molecule has 1 aromatic rings. The molecule has 24 heavy (non-hydrogen) atoms. The molecule has 1 N–H and O–H groups in total. The summed E-state index contributed by atoms with van der Waals surface area (Å²) < 4.78 is 0. The fourth-order valence-corrected chi connectivity index (χ4v) is 3.82. The molecule has 0 aromatic carbocycles. The van der Waals surface area contributed by atoms with Gasteiger partial charge in [0.25, 0.3) is 0 Å². The maximum Gasteiger partial charge on any atom is 0.226 e. The van der Waals surface area contributed by atoms with Gasteiger partial charge >= 0.3 is 0 Å².